The van der Waals surface area contributed by atoms with E-state index in [9.17, 15) is 19.2 Å². The Bertz CT molecular complexity index is 1650. The molecule has 0 radical (unpaired) electrons. The molecule has 7 nitrogen and oxygen atoms in total. The van der Waals surface area contributed by atoms with Crippen molar-refractivity contribution in [2.75, 3.05) is 4.90 Å². The molecule has 2 amide bonds. The number of anilines is 1. The number of carbonyl (C=O) groups is 4. The van der Waals surface area contributed by atoms with Gasteiger partial charge in [0.1, 0.15) is 11.5 Å². The standard InChI is InChI=1S/C33H27NO6/c1-19-6-9-23(10-7-19)30(35)22(4)39-33(38)24-11-16-27-28(18-24)32(37)34(31(27)36)25-12-14-26(15-13-25)40-29-17-20(2)5-8-21(29)3/h5-18,22H,1-4H3. The number of ether oxygens (including phenoxy) is 2. The van der Waals surface area contributed by atoms with Gasteiger partial charge in [0.2, 0.25) is 5.78 Å². The molecule has 7 heteroatoms. The quantitative estimate of drug-likeness (QED) is 0.150. The molecule has 200 valence electrons. The average molecular weight is 534 g/mol. The lowest BCUT2D eigenvalue weighted by Crippen LogP contribution is -2.29. The second-order valence-electron chi connectivity index (χ2n) is 9.85. The van der Waals surface area contributed by atoms with Crippen molar-refractivity contribution in [2.45, 2.75) is 33.8 Å². The van der Waals surface area contributed by atoms with Crippen LogP contribution in [-0.4, -0.2) is 29.7 Å². The van der Waals surface area contributed by atoms with Crippen LogP contribution in [-0.2, 0) is 4.74 Å². The van der Waals surface area contributed by atoms with Gasteiger partial charge >= 0.3 is 5.97 Å². The number of carbonyl (C=O) groups excluding carboxylic acids is 4. The first-order chi connectivity index (χ1) is 19.1. The van der Waals surface area contributed by atoms with Gasteiger partial charge in [-0.1, -0.05) is 42.0 Å². The van der Waals surface area contributed by atoms with Gasteiger partial charge < -0.3 is 9.47 Å². The van der Waals surface area contributed by atoms with Gasteiger partial charge in [0, 0.05) is 5.56 Å². The predicted molar refractivity (Wildman–Crippen MR) is 150 cm³/mol. The molecule has 5 rings (SSSR count). The molecule has 1 heterocycles. The zero-order valence-electron chi connectivity index (χ0n) is 22.6. The molecule has 4 aromatic rings. The number of benzene rings is 4. The maximum absolute atomic E-state index is 13.3. The normalized spacial score (nSPS) is 13.2. The molecule has 1 aliphatic rings. The van der Waals surface area contributed by atoms with E-state index >= 15 is 0 Å². The van der Waals surface area contributed by atoms with Crippen LogP contribution < -0.4 is 9.64 Å². The number of amides is 2. The van der Waals surface area contributed by atoms with Crippen molar-refractivity contribution in [1.82, 2.24) is 0 Å². The number of rotatable bonds is 7. The minimum absolute atomic E-state index is 0.0718. The Morgan fingerprint density at radius 2 is 1.32 bits per heavy atom. The molecular weight excluding hydrogens is 506 g/mol. The highest BCUT2D eigenvalue weighted by Crippen LogP contribution is 2.32. The molecule has 1 atom stereocenters. The number of hydrogen-bond donors (Lipinski definition) is 0. The Morgan fingerprint density at radius 3 is 2.02 bits per heavy atom. The monoisotopic (exact) mass is 533 g/mol. The summed E-state index contributed by atoms with van der Waals surface area (Å²) in [5.74, 6) is -0.858. The van der Waals surface area contributed by atoms with Crippen molar-refractivity contribution in [1.29, 1.82) is 0 Å². The topological polar surface area (TPSA) is 90.0 Å². The number of Topliss-reactive ketones (excluding diaryl/α,β-unsaturated/α-hetero) is 1. The van der Waals surface area contributed by atoms with E-state index in [0.717, 1.165) is 27.3 Å². The highest BCUT2D eigenvalue weighted by Gasteiger charge is 2.37. The van der Waals surface area contributed by atoms with E-state index in [-0.39, 0.29) is 22.5 Å². The molecule has 0 saturated heterocycles. The molecule has 0 aliphatic carbocycles. The highest BCUT2D eigenvalue weighted by molar-refractivity contribution is 6.34. The fourth-order valence-corrected chi connectivity index (χ4v) is 4.44. The Hall–Kier alpha value is -5.04. The maximum Gasteiger partial charge on any atom is 0.338 e. The maximum atomic E-state index is 13.3. The summed E-state index contributed by atoms with van der Waals surface area (Å²) >= 11 is 0. The number of nitrogens with zero attached hydrogens (tertiary/aromatic N) is 1. The molecule has 1 aliphatic heterocycles. The van der Waals surface area contributed by atoms with Gasteiger partial charge in [-0.05, 0) is 87.4 Å². The van der Waals surface area contributed by atoms with Crippen LogP contribution in [0.2, 0.25) is 0 Å². The Kier molecular flexibility index (Phi) is 7.05. The van der Waals surface area contributed by atoms with Crippen molar-refractivity contribution >= 4 is 29.3 Å². The van der Waals surface area contributed by atoms with Crippen molar-refractivity contribution in [2.24, 2.45) is 0 Å². The van der Waals surface area contributed by atoms with E-state index in [2.05, 4.69) is 0 Å². The summed E-state index contributed by atoms with van der Waals surface area (Å²) < 4.78 is 11.4. The number of hydrogen-bond acceptors (Lipinski definition) is 6. The molecule has 0 bridgehead atoms. The minimum atomic E-state index is -1.03. The van der Waals surface area contributed by atoms with Crippen molar-refractivity contribution < 1.29 is 28.7 Å². The summed E-state index contributed by atoms with van der Waals surface area (Å²) in [5.41, 5.74) is 4.21. The van der Waals surface area contributed by atoms with Crippen LogP contribution in [0.3, 0.4) is 0 Å². The summed E-state index contributed by atoms with van der Waals surface area (Å²) in [5, 5.41) is 0. The van der Waals surface area contributed by atoms with E-state index in [0.29, 0.717) is 17.0 Å². The lowest BCUT2D eigenvalue weighted by atomic mass is 10.0. The van der Waals surface area contributed by atoms with Crippen LogP contribution >= 0.6 is 0 Å². The zero-order valence-corrected chi connectivity index (χ0v) is 22.6. The molecular formula is C33H27NO6. The predicted octanol–water partition coefficient (Wildman–Crippen LogP) is 6.63. The van der Waals surface area contributed by atoms with Crippen LogP contribution in [0.4, 0.5) is 5.69 Å². The van der Waals surface area contributed by atoms with Gasteiger partial charge in [-0.25, -0.2) is 9.69 Å². The SMILES string of the molecule is Cc1ccc(C(=O)C(C)OC(=O)c2ccc3c(c2)C(=O)N(c2ccc(Oc4cc(C)ccc4C)cc2)C3=O)cc1. The van der Waals surface area contributed by atoms with E-state index in [4.69, 9.17) is 9.47 Å². The number of ketones is 1. The molecule has 0 aromatic heterocycles. The van der Waals surface area contributed by atoms with Crippen LogP contribution in [0.15, 0.2) is 84.9 Å². The van der Waals surface area contributed by atoms with Crippen LogP contribution in [0, 0.1) is 20.8 Å². The van der Waals surface area contributed by atoms with Crippen molar-refractivity contribution in [3.8, 4) is 11.5 Å². The Morgan fingerprint density at radius 1 is 0.700 bits per heavy atom. The fourth-order valence-electron chi connectivity index (χ4n) is 4.44. The number of fused-ring (bicyclic) bond motifs is 1. The van der Waals surface area contributed by atoms with Gasteiger partial charge in [-0.2, -0.15) is 0 Å². The Balaban J connectivity index is 1.30. The highest BCUT2D eigenvalue weighted by atomic mass is 16.5. The first-order valence-corrected chi connectivity index (χ1v) is 12.8. The number of esters is 1. The van der Waals surface area contributed by atoms with Gasteiger partial charge in [0.25, 0.3) is 11.8 Å². The first kappa shape index (κ1) is 26.6. The Labute approximate surface area is 232 Å². The lowest BCUT2D eigenvalue weighted by molar-refractivity contribution is 0.0318. The molecule has 1 unspecified atom stereocenters. The fraction of sp³-hybridized carbons (Fsp3) is 0.152. The van der Waals surface area contributed by atoms with Gasteiger partial charge in [0.15, 0.2) is 6.10 Å². The van der Waals surface area contributed by atoms with E-state index in [1.807, 2.05) is 51.1 Å². The molecule has 4 aromatic carbocycles. The third-order valence-electron chi connectivity index (χ3n) is 6.78. The largest absolute Gasteiger partial charge is 0.457 e. The third kappa shape index (κ3) is 5.14. The van der Waals surface area contributed by atoms with E-state index in [1.165, 1.54) is 25.1 Å². The molecule has 40 heavy (non-hydrogen) atoms. The van der Waals surface area contributed by atoms with Gasteiger partial charge in [-0.3, -0.25) is 14.4 Å². The first-order valence-electron chi connectivity index (χ1n) is 12.8. The summed E-state index contributed by atoms with van der Waals surface area (Å²) in [4.78, 5) is 52.9. The molecule has 0 saturated carbocycles. The molecule has 0 fully saturated rings. The average Bonchev–Trinajstić information content (AvgIpc) is 3.20. The zero-order chi connectivity index (χ0) is 28.6. The molecule has 0 N–H and O–H groups in total. The summed E-state index contributed by atoms with van der Waals surface area (Å²) in [6, 6.07) is 23.7. The van der Waals surface area contributed by atoms with Crippen LogP contribution in [0.1, 0.15) is 65.0 Å². The third-order valence-corrected chi connectivity index (χ3v) is 6.78. The molecule has 0 spiro atoms. The van der Waals surface area contributed by atoms with Crippen LogP contribution in [0.5, 0.6) is 11.5 Å². The summed E-state index contributed by atoms with van der Waals surface area (Å²) in [6.07, 6.45) is -1.03. The van der Waals surface area contributed by atoms with Gasteiger partial charge in [-0.15, -0.1) is 0 Å². The van der Waals surface area contributed by atoms with Gasteiger partial charge in [0.05, 0.1) is 22.4 Å². The smallest absolute Gasteiger partial charge is 0.338 e. The van der Waals surface area contributed by atoms with Crippen molar-refractivity contribution in [3.63, 3.8) is 0 Å². The lowest BCUT2D eigenvalue weighted by Gasteiger charge is -2.15. The summed E-state index contributed by atoms with van der Waals surface area (Å²) in [7, 11) is 0. The number of aryl methyl sites for hydroxylation is 3. The van der Waals surface area contributed by atoms with Crippen LogP contribution in [0.25, 0.3) is 0 Å². The second-order valence-corrected chi connectivity index (χ2v) is 9.85. The second kappa shape index (κ2) is 10.6. The summed E-state index contributed by atoms with van der Waals surface area (Å²) in [6.45, 7) is 7.34. The number of imide groups is 1. The van der Waals surface area contributed by atoms with Crippen molar-refractivity contribution in [3.05, 3.63) is 124 Å². The van der Waals surface area contributed by atoms with E-state index < -0.39 is 23.9 Å². The minimum Gasteiger partial charge on any atom is -0.457 e. The van der Waals surface area contributed by atoms with E-state index in [1.54, 1.807) is 36.4 Å².